The summed E-state index contributed by atoms with van der Waals surface area (Å²) in [4.78, 5) is 2.24. The number of rotatable bonds is 5. The number of anilines is 1. The van der Waals surface area contributed by atoms with Crippen molar-refractivity contribution in [1.82, 2.24) is 0 Å². The number of ether oxygens (including phenoxy) is 1. The maximum atomic E-state index is 5.64. The third-order valence-corrected chi connectivity index (χ3v) is 3.10. The van der Waals surface area contributed by atoms with Gasteiger partial charge in [0.2, 0.25) is 0 Å². The van der Waals surface area contributed by atoms with Gasteiger partial charge in [-0.25, -0.2) is 0 Å². The molecular weight excluding hydrogens is 200 g/mol. The predicted molar refractivity (Wildman–Crippen MR) is 69.1 cm³/mol. The predicted octanol–water partition coefficient (Wildman–Crippen LogP) is 2.26. The van der Waals surface area contributed by atoms with Crippen LogP contribution in [-0.2, 0) is 0 Å². The van der Waals surface area contributed by atoms with Gasteiger partial charge in [-0.3, -0.25) is 0 Å². The molecule has 16 heavy (non-hydrogen) atoms. The molecule has 1 aromatic carbocycles. The maximum absolute atomic E-state index is 5.64. The molecule has 1 rings (SSSR count). The van der Waals surface area contributed by atoms with Crippen molar-refractivity contribution < 1.29 is 4.74 Å². The highest BCUT2D eigenvalue weighted by Crippen LogP contribution is 2.27. The zero-order valence-corrected chi connectivity index (χ0v) is 10.7. The highest BCUT2D eigenvalue weighted by atomic mass is 16.5. The Bertz CT molecular complexity index is 336. The molecule has 0 amide bonds. The van der Waals surface area contributed by atoms with Crippen LogP contribution in [0.5, 0.6) is 5.75 Å². The summed E-state index contributed by atoms with van der Waals surface area (Å²) in [6, 6.07) is 8.08. The molecule has 0 aliphatic rings. The Hall–Kier alpha value is -1.22. The van der Waals surface area contributed by atoms with E-state index in [9.17, 15) is 0 Å². The fraction of sp³-hybridized carbons (Fsp3) is 0.538. The molecule has 0 aromatic heterocycles. The molecule has 3 heteroatoms. The van der Waals surface area contributed by atoms with E-state index in [1.54, 1.807) is 7.11 Å². The van der Waals surface area contributed by atoms with Crippen LogP contribution in [0.1, 0.15) is 20.3 Å². The van der Waals surface area contributed by atoms with Gasteiger partial charge in [0.15, 0.2) is 0 Å². The van der Waals surface area contributed by atoms with E-state index < -0.39 is 0 Å². The van der Waals surface area contributed by atoms with Gasteiger partial charge in [-0.2, -0.15) is 0 Å². The number of hydrogen-bond acceptors (Lipinski definition) is 3. The van der Waals surface area contributed by atoms with Crippen molar-refractivity contribution in [2.45, 2.75) is 25.8 Å². The van der Waals surface area contributed by atoms with E-state index in [0.717, 1.165) is 17.9 Å². The lowest BCUT2D eigenvalue weighted by Gasteiger charge is -2.37. The second-order valence-corrected chi connectivity index (χ2v) is 4.61. The highest BCUT2D eigenvalue weighted by Gasteiger charge is 2.22. The summed E-state index contributed by atoms with van der Waals surface area (Å²) in [6.07, 6.45) is 0.959. The van der Waals surface area contributed by atoms with Crippen LogP contribution in [0.2, 0.25) is 0 Å². The topological polar surface area (TPSA) is 38.5 Å². The lowest BCUT2D eigenvalue weighted by Crippen LogP contribution is -2.42. The Labute approximate surface area is 98.2 Å². The summed E-state index contributed by atoms with van der Waals surface area (Å²) in [5.74, 6) is 0.882. The summed E-state index contributed by atoms with van der Waals surface area (Å²) in [7, 11) is 3.77. The van der Waals surface area contributed by atoms with E-state index in [1.165, 1.54) is 0 Å². The van der Waals surface area contributed by atoms with Gasteiger partial charge in [-0.1, -0.05) is 6.07 Å². The molecule has 3 nitrogen and oxygen atoms in total. The van der Waals surface area contributed by atoms with Gasteiger partial charge in [0.25, 0.3) is 0 Å². The van der Waals surface area contributed by atoms with E-state index in [2.05, 4.69) is 31.9 Å². The van der Waals surface area contributed by atoms with Gasteiger partial charge in [0.05, 0.1) is 7.11 Å². The fourth-order valence-corrected chi connectivity index (χ4v) is 1.69. The van der Waals surface area contributed by atoms with E-state index in [4.69, 9.17) is 10.5 Å². The molecule has 0 aliphatic carbocycles. The number of methoxy groups -OCH3 is 1. The Morgan fingerprint density at radius 3 is 2.62 bits per heavy atom. The summed E-state index contributed by atoms with van der Waals surface area (Å²) >= 11 is 0. The second kappa shape index (κ2) is 5.21. The van der Waals surface area contributed by atoms with Gasteiger partial charge in [-0.05, 0) is 38.9 Å². The summed E-state index contributed by atoms with van der Waals surface area (Å²) in [5, 5.41) is 0. The average molecular weight is 222 g/mol. The third-order valence-electron chi connectivity index (χ3n) is 3.10. The molecule has 0 fully saturated rings. The van der Waals surface area contributed by atoms with Crippen molar-refractivity contribution >= 4 is 5.69 Å². The first-order valence-electron chi connectivity index (χ1n) is 5.59. The van der Waals surface area contributed by atoms with Crippen molar-refractivity contribution in [3.8, 4) is 5.75 Å². The van der Waals surface area contributed by atoms with Gasteiger partial charge in [-0.15, -0.1) is 0 Å². The molecule has 1 aromatic rings. The maximum Gasteiger partial charge on any atom is 0.120 e. The third kappa shape index (κ3) is 2.89. The Balaban J connectivity index is 2.90. The smallest absolute Gasteiger partial charge is 0.120 e. The van der Waals surface area contributed by atoms with Crippen LogP contribution in [-0.4, -0.2) is 26.2 Å². The van der Waals surface area contributed by atoms with Gasteiger partial charge in [0, 0.05) is 24.3 Å². The first kappa shape index (κ1) is 12.8. The summed E-state index contributed by atoms with van der Waals surface area (Å²) in [6.45, 7) is 5.08. The van der Waals surface area contributed by atoms with Gasteiger partial charge < -0.3 is 15.4 Å². The minimum Gasteiger partial charge on any atom is -0.497 e. The van der Waals surface area contributed by atoms with E-state index in [-0.39, 0.29) is 5.54 Å². The fourth-order valence-electron chi connectivity index (χ4n) is 1.69. The van der Waals surface area contributed by atoms with Crippen LogP contribution in [0.3, 0.4) is 0 Å². The molecule has 90 valence electrons. The zero-order chi connectivity index (χ0) is 12.2. The number of benzene rings is 1. The van der Waals surface area contributed by atoms with E-state index >= 15 is 0 Å². The lowest BCUT2D eigenvalue weighted by atomic mass is 9.98. The van der Waals surface area contributed by atoms with Crippen LogP contribution in [0.15, 0.2) is 24.3 Å². The number of nitrogens with two attached hydrogens (primary N) is 1. The molecule has 0 aliphatic heterocycles. The largest absolute Gasteiger partial charge is 0.497 e. The summed E-state index contributed by atoms with van der Waals surface area (Å²) in [5.41, 5.74) is 6.84. The standard InChI is InChI=1S/C13H22N2O/c1-13(2,8-9-14)15(3)11-6-5-7-12(10-11)16-4/h5-7,10H,8-9,14H2,1-4H3. The molecule has 0 spiro atoms. The van der Waals surface area contributed by atoms with Crippen molar-refractivity contribution in [1.29, 1.82) is 0 Å². The van der Waals surface area contributed by atoms with Crippen LogP contribution >= 0.6 is 0 Å². The first-order valence-corrected chi connectivity index (χ1v) is 5.59. The molecule has 0 unspecified atom stereocenters. The quantitative estimate of drug-likeness (QED) is 0.830. The molecule has 0 heterocycles. The average Bonchev–Trinajstić information content (AvgIpc) is 2.28. The number of nitrogens with zero attached hydrogens (tertiary/aromatic N) is 1. The Kier molecular flexibility index (Phi) is 4.19. The van der Waals surface area contributed by atoms with Crippen molar-refractivity contribution in [3.63, 3.8) is 0 Å². The molecule has 0 radical (unpaired) electrons. The van der Waals surface area contributed by atoms with Gasteiger partial charge >= 0.3 is 0 Å². The van der Waals surface area contributed by atoms with Gasteiger partial charge in [0.1, 0.15) is 5.75 Å². The SMILES string of the molecule is COc1cccc(N(C)C(C)(C)CCN)c1. The minimum absolute atomic E-state index is 0.0567. The normalized spacial score (nSPS) is 11.3. The van der Waals surface area contributed by atoms with Crippen LogP contribution in [0.25, 0.3) is 0 Å². The van der Waals surface area contributed by atoms with E-state index in [1.807, 2.05) is 18.2 Å². The van der Waals surface area contributed by atoms with Crippen molar-refractivity contribution in [2.75, 3.05) is 25.6 Å². The highest BCUT2D eigenvalue weighted by molar-refractivity contribution is 5.51. The molecule has 0 bridgehead atoms. The molecule has 0 saturated carbocycles. The molecular formula is C13H22N2O. The lowest BCUT2D eigenvalue weighted by molar-refractivity contribution is 0.413. The Morgan fingerprint density at radius 1 is 1.38 bits per heavy atom. The monoisotopic (exact) mass is 222 g/mol. The van der Waals surface area contributed by atoms with Crippen LogP contribution in [0, 0.1) is 0 Å². The Morgan fingerprint density at radius 2 is 2.06 bits per heavy atom. The second-order valence-electron chi connectivity index (χ2n) is 4.61. The summed E-state index contributed by atoms with van der Waals surface area (Å²) < 4.78 is 5.23. The van der Waals surface area contributed by atoms with Crippen molar-refractivity contribution in [2.24, 2.45) is 5.73 Å². The zero-order valence-electron chi connectivity index (χ0n) is 10.7. The van der Waals surface area contributed by atoms with Crippen LogP contribution in [0.4, 0.5) is 5.69 Å². The molecule has 0 atom stereocenters. The molecule has 2 N–H and O–H groups in total. The number of hydrogen-bond donors (Lipinski definition) is 1. The molecule has 0 saturated heterocycles. The first-order chi connectivity index (χ1) is 7.51. The van der Waals surface area contributed by atoms with E-state index in [0.29, 0.717) is 6.54 Å². The van der Waals surface area contributed by atoms with Crippen molar-refractivity contribution in [3.05, 3.63) is 24.3 Å². The minimum atomic E-state index is 0.0567. The van der Waals surface area contributed by atoms with Crippen LogP contribution < -0.4 is 15.4 Å².